The van der Waals surface area contributed by atoms with Crippen LogP contribution in [0.5, 0.6) is 0 Å². The second-order valence-electron chi connectivity index (χ2n) is 8.72. The van der Waals surface area contributed by atoms with Crippen molar-refractivity contribution in [2.75, 3.05) is 10.6 Å². The van der Waals surface area contributed by atoms with Gasteiger partial charge in [0.2, 0.25) is 5.91 Å². The summed E-state index contributed by atoms with van der Waals surface area (Å²) < 4.78 is 0. The van der Waals surface area contributed by atoms with Gasteiger partial charge in [0, 0.05) is 17.1 Å². The number of benzene rings is 2. The maximum absolute atomic E-state index is 13.1. The summed E-state index contributed by atoms with van der Waals surface area (Å²) in [7, 11) is 0. The average molecular weight is 346 g/mol. The van der Waals surface area contributed by atoms with Crippen molar-refractivity contribution >= 4 is 23.0 Å². The molecule has 2 N–H and O–H groups in total. The molecule has 0 unspecified atom stereocenters. The van der Waals surface area contributed by atoms with Gasteiger partial charge in [-0.1, -0.05) is 18.2 Å². The molecule has 0 radical (unpaired) electrons. The van der Waals surface area contributed by atoms with Gasteiger partial charge >= 0.3 is 0 Å². The van der Waals surface area contributed by atoms with Gasteiger partial charge in [-0.15, -0.1) is 0 Å². The van der Waals surface area contributed by atoms with E-state index >= 15 is 0 Å². The van der Waals surface area contributed by atoms with Gasteiger partial charge < -0.3 is 10.6 Å². The average Bonchev–Trinajstić information content (AvgIpc) is 2.63. The number of para-hydroxylation sites is 1. The molecule has 4 saturated carbocycles. The van der Waals surface area contributed by atoms with E-state index in [0.29, 0.717) is 0 Å². The molecule has 0 aliphatic heterocycles. The number of amides is 1. The van der Waals surface area contributed by atoms with Crippen molar-refractivity contribution in [3.63, 3.8) is 0 Å². The molecule has 4 aliphatic rings. The molecule has 0 saturated heterocycles. The Morgan fingerprint density at radius 1 is 0.731 bits per heavy atom. The zero-order valence-electron chi connectivity index (χ0n) is 15.1. The summed E-state index contributed by atoms with van der Waals surface area (Å²) in [6.07, 6.45) is 7.43. The van der Waals surface area contributed by atoms with Crippen LogP contribution in [0.25, 0.3) is 0 Å². The Morgan fingerprint density at radius 2 is 1.23 bits per heavy atom. The predicted molar refractivity (Wildman–Crippen MR) is 105 cm³/mol. The highest BCUT2D eigenvalue weighted by Gasteiger charge is 2.54. The largest absolute Gasteiger partial charge is 0.356 e. The first-order valence-corrected chi connectivity index (χ1v) is 9.92. The SMILES string of the molecule is O=C(Nc1ccc(Nc2ccccc2)cc1)C12CC3CC(CC(C3)C1)C2. The van der Waals surface area contributed by atoms with Gasteiger partial charge in [-0.3, -0.25) is 4.79 Å². The fourth-order valence-electron chi connectivity index (χ4n) is 5.98. The summed E-state index contributed by atoms with van der Waals surface area (Å²) in [6, 6.07) is 18.2. The molecule has 134 valence electrons. The van der Waals surface area contributed by atoms with Gasteiger partial charge in [0.05, 0.1) is 5.41 Å². The first-order chi connectivity index (χ1) is 12.7. The first kappa shape index (κ1) is 15.9. The second-order valence-corrected chi connectivity index (χ2v) is 8.72. The third kappa shape index (κ3) is 2.90. The Labute approximate surface area is 155 Å². The lowest BCUT2D eigenvalue weighted by atomic mass is 9.49. The highest BCUT2D eigenvalue weighted by molar-refractivity contribution is 5.95. The second kappa shape index (κ2) is 6.15. The number of hydrogen-bond donors (Lipinski definition) is 2. The fourth-order valence-corrected chi connectivity index (χ4v) is 5.98. The Balaban J connectivity index is 1.27. The normalized spacial score (nSPS) is 31.6. The van der Waals surface area contributed by atoms with E-state index in [1.165, 1.54) is 19.3 Å². The van der Waals surface area contributed by atoms with E-state index in [0.717, 1.165) is 54.1 Å². The van der Waals surface area contributed by atoms with Gasteiger partial charge in [-0.2, -0.15) is 0 Å². The molecule has 0 aromatic heterocycles. The number of hydrogen-bond acceptors (Lipinski definition) is 2. The maximum atomic E-state index is 13.1. The highest BCUT2D eigenvalue weighted by atomic mass is 16.2. The van der Waals surface area contributed by atoms with Crippen LogP contribution >= 0.6 is 0 Å². The van der Waals surface area contributed by atoms with Gasteiger partial charge in [0.15, 0.2) is 0 Å². The van der Waals surface area contributed by atoms with Crippen molar-refractivity contribution in [3.05, 3.63) is 54.6 Å². The molecule has 4 bridgehead atoms. The summed E-state index contributed by atoms with van der Waals surface area (Å²) in [5.74, 6) is 2.65. The third-order valence-electron chi connectivity index (χ3n) is 6.73. The van der Waals surface area contributed by atoms with Gasteiger partial charge in [-0.05, 0) is 92.7 Å². The molecule has 0 atom stereocenters. The summed E-state index contributed by atoms with van der Waals surface area (Å²) in [5, 5.41) is 6.60. The van der Waals surface area contributed by atoms with Gasteiger partial charge in [0.25, 0.3) is 0 Å². The van der Waals surface area contributed by atoms with E-state index in [-0.39, 0.29) is 11.3 Å². The van der Waals surface area contributed by atoms with Crippen molar-refractivity contribution in [1.82, 2.24) is 0 Å². The number of carbonyl (C=O) groups excluding carboxylic acids is 1. The van der Waals surface area contributed by atoms with Crippen LogP contribution in [0.2, 0.25) is 0 Å². The molecule has 0 spiro atoms. The smallest absolute Gasteiger partial charge is 0.230 e. The van der Waals surface area contributed by atoms with Crippen LogP contribution in [0.1, 0.15) is 38.5 Å². The van der Waals surface area contributed by atoms with E-state index < -0.39 is 0 Å². The lowest BCUT2D eigenvalue weighted by Crippen LogP contribution is -2.51. The quantitative estimate of drug-likeness (QED) is 0.758. The molecule has 6 rings (SSSR count). The van der Waals surface area contributed by atoms with Crippen molar-refractivity contribution in [2.24, 2.45) is 23.2 Å². The summed E-state index contributed by atoms with van der Waals surface area (Å²) in [6.45, 7) is 0. The van der Waals surface area contributed by atoms with Crippen molar-refractivity contribution in [2.45, 2.75) is 38.5 Å². The van der Waals surface area contributed by atoms with Crippen LogP contribution in [0.4, 0.5) is 17.1 Å². The minimum atomic E-state index is -0.0876. The van der Waals surface area contributed by atoms with Crippen LogP contribution in [0.15, 0.2) is 54.6 Å². The topological polar surface area (TPSA) is 41.1 Å². The van der Waals surface area contributed by atoms with E-state index in [4.69, 9.17) is 0 Å². The fraction of sp³-hybridized carbons (Fsp3) is 0.435. The highest BCUT2D eigenvalue weighted by Crippen LogP contribution is 2.60. The molecule has 26 heavy (non-hydrogen) atoms. The van der Waals surface area contributed by atoms with E-state index in [2.05, 4.69) is 10.6 Å². The zero-order valence-corrected chi connectivity index (χ0v) is 15.1. The van der Waals surface area contributed by atoms with Crippen LogP contribution in [-0.2, 0) is 4.79 Å². The maximum Gasteiger partial charge on any atom is 0.230 e. The molecule has 2 aromatic rings. The summed E-state index contributed by atoms with van der Waals surface area (Å²) in [5.41, 5.74) is 2.92. The molecule has 3 heteroatoms. The Morgan fingerprint density at radius 3 is 1.81 bits per heavy atom. The predicted octanol–water partition coefficient (Wildman–Crippen LogP) is 5.59. The van der Waals surface area contributed by atoms with Crippen molar-refractivity contribution in [1.29, 1.82) is 0 Å². The number of carbonyl (C=O) groups is 1. The van der Waals surface area contributed by atoms with Crippen LogP contribution < -0.4 is 10.6 Å². The first-order valence-electron chi connectivity index (χ1n) is 9.92. The Hall–Kier alpha value is -2.29. The molecule has 4 aliphatic carbocycles. The van der Waals surface area contributed by atoms with Crippen LogP contribution in [0.3, 0.4) is 0 Å². The number of rotatable bonds is 4. The van der Waals surface area contributed by atoms with Crippen molar-refractivity contribution < 1.29 is 4.79 Å². The molecular weight excluding hydrogens is 320 g/mol. The molecule has 2 aromatic carbocycles. The summed E-state index contributed by atoms with van der Waals surface area (Å²) >= 11 is 0. The Kier molecular flexibility index (Phi) is 3.77. The number of anilines is 3. The van der Waals surface area contributed by atoms with Crippen LogP contribution in [0, 0.1) is 23.2 Å². The Bertz CT molecular complexity index is 761. The van der Waals surface area contributed by atoms with Crippen molar-refractivity contribution in [3.8, 4) is 0 Å². The van der Waals surface area contributed by atoms with Gasteiger partial charge in [0.1, 0.15) is 0 Å². The lowest BCUT2D eigenvalue weighted by Gasteiger charge is -2.55. The van der Waals surface area contributed by atoms with E-state index in [9.17, 15) is 4.79 Å². The minimum absolute atomic E-state index is 0.0876. The molecule has 0 heterocycles. The molecule has 4 fully saturated rings. The summed E-state index contributed by atoms with van der Waals surface area (Å²) in [4.78, 5) is 13.1. The van der Waals surface area contributed by atoms with E-state index in [1.807, 2.05) is 54.6 Å². The standard InChI is InChI=1S/C23H26N2O/c26-22(23-13-16-10-17(14-23)12-18(11-16)15-23)25-21-8-6-20(7-9-21)24-19-4-2-1-3-5-19/h1-9,16-18,24H,10-15H2,(H,25,26). The third-order valence-corrected chi connectivity index (χ3v) is 6.73. The van der Waals surface area contributed by atoms with Gasteiger partial charge in [-0.25, -0.2) is 0 Å². The monoisotopic (exact) mass is 346 g/mol. The van der Waals surface area contributed by atoms with E-state index in [1.54, 1.807) is 0 Å². The molecule has 3 nitrogen and oxygen atoms in total. The minimum Gasteiger partial charge on any atom is -0.356 e. The zero-order chi connectivity index (χ0) is 17.6. The number of nitrogens with one attached hydrogen (secondary N) is 2. The lowest BCUT2D eigenvalue weighted by molar-refractivity contribution is -0.140. The molecular formula is C23H26N2O. The van der Waals surface area contributed by atoms with Crippen LogP contribution in [-0.4, -0.2) is 5.91 Å². The molecule has 1 amide bonds.